The van der Waals surface area contributed by atoms with Crippen molar-refractivity contribution >= 4 is 12.0 Å². The third kappa shape index (κ3) is 5.71. The molecule has 1 aromatic heterocycles. The number of nitriles is 1. The summed E-state index contributed by atoms with van der Waals surface area (Å²) in [5.74, 6) is -0.0802. The van der Waals surface area contributed by atoms with Crippen LogP contribution in [0, 0.1) is 36.9 Å². The van der Waals surface area contributed by atoms with E-state index in [1.807, 2.05) is 26.0 Å². The highest BCUT2D eigenvalue weighted by molar-refractivity contribution is 5.98. The average molecular weight is 384 g/mol. The second kappa shape index (κ2) is 9.75. The van der Waals surface area contributed by atoms with E-state index in [-0.39, 0.29) is 24.6 Å². The zero-order valence-electron chi connectivity index (χ0n) is 16.7. The number of hydrogen-bond donors (Lipinski definition) is 0. The van der Waals surface area contributed by atoms with Gasteiger partial charge < -0.3 is 14.0 Å². The van der Waals surface area contributed by atoms with Crippen LogP contribution in [-0.2, 0) is 16.1 Å². The fourth-order valence-electron chi connectivity index (χ4n) is 2.81. The first-order valence-electron chi connectivity index (χ1n) is 9.15. The lowest BCUT2D eigenvalue weighted by molar-refractivity contribution is -0.139. The summed E-state index contributed by atoms with van der Waals surface area (Å²) in [6.45, 7) is 9.22. The van der Waals surface area contributed by atoms with Gasteiger partial charge in [0, 0.05) is 17.9 Å². The summed E-state index contributed by atoms with van der Waals surface area (Å²) in [5.41, 5.74) is 2.85. The highest BCUT2D eigenvalue weighted by atomic mass is 19.1. The molecule has 5 nitrogen and oxygen atoms in total. The maximum absolute atomic E-state index is 12.8. The van der Waals surface area contributed by atoms with Crippen LogP contribution in [0.4, 0.5) is 4.39 Å². The normalized spacial score (nSPS) is 11.4. The Kier molecular flexibility index (Phi) is 7.39. The molecule has 148 valence electrons. The van der Waals surface area contributed by atoms with Crippen molar-refractivity contribution in [3.8, 4) is 11.8 Å². The number of esters is 1. The van der Waals surface area contributed by atoms with Crippen molar-refractivity contribution in [3.63, 3.8) is 0 Å². The molecule has 28 heavy (non-hydrogen) atoms. The van der Waals surface area contributed by atoms with Crippen molar-refractivity contribution < 1.29 is 18.7 Å². The Morgan fingerprint density at radius 3 is 2.54 bits per heavy atom. The topological polar surface area (TPSA) is 64.2 Å². The molecule has 2 aromatic rings. The van der Waals surface area contributed by atoms with Gasteiger partial charge in [0.15, 0.2) is 0 Å². The lowest BCUT2D eigenvalue weighted by atomic mass is 10.1. The third-order valence-corrected chi connectivity index (χ3v) is 4.20. The zero-order valence-corrected chi connectivity index (χ0v) is 16.7. The molecule has 0 unspecified atom stereocenters. The van der Waals surface area contributed by atoms with Gasteiger partial charge in [0.1, 0.15) is 36.4 Å². The van der Waals surface area contributed by atoms with Crippen LogP contribution < -0.4 is 4.74 Å². The van der Waals surface area contributed by atoms with Crippen molar-refractivity contribution in [3.05, 3.63) is 58.7 Å². The van der Waals surface area contributed by atoms with Crippen LogP contribution in [0.5, 0.6) is 5.75 Å². The molecule has 0 N–H and O–H groups in total. The number of nitrogens with zero attached hydrogens (tertiary/aromatic N) is 2. The van der Waals surface area contributed by atoms with Crippen molar-refractivity contribution in [2.24, 2.45) is 5.92 Å². The summed E-state index contributed by atoms with van der Waals surface area (Å²) in [5, 5.41) is 9.34. The first-order chi connectivity index (χ1) is 13.3. The van der Waals surface area contributed by atoms with Crippen molar-refractivity contribution in [2.75, 3.05) is 13.2 Å². The Labute approximate surface area is 165 Å². The zero-order chi connectivity index (χ0) is 20.7. The van der Waals surface area contributed by atoms with Gasteiger partial charge >= 0.3 is 5.97 Å². The monoisotopic (exact) mass is 384 g/mol. The fourth-order valence-corrected chi connectivity index (χ4v) is 2.81. The molecule has 0 aliphatic heterocycles. The average Bonchev–Trinajstić information content (AvgIpc) is 2.91. The molecule has 0 atom stereocenters. The fraction of sp³-hybridized carbons (Fsp3) is 0.364. The highest BCUT2D eigenvalue weighted by Crippen LogP contribution is 2.20. The van der Waals surface area contributed by atoms with Gasteiger partial charge in [-0.2, -0.15) is 5.26 Å². The van der Waals surface area contributed by atoms with E-state index in [1.165, 1.54) is 24.3 Å². The molecule has 0 saturated heterocycles. The number of carbonyl (C=O) groups excluding carboxylic acids is 1. The smallest absolute Gasteiger partial charge is 0.349 e. The molecular formula is C22H25FN2O3. The van der Waals surface area contributed by atoms with Crippen LogP contribution in [0.1, 0.15) is 30.8 Å². The number of hydrogen-bond acceptors (Lipinski definition) is 4. The second-order valence-electron chi connectivity index (χ2n) is 6.94. The van der Waals surface area contributed by atoms with Gasteiger partial charge in [-0.25, -0.2) is 9.18 Å². The molecule has 0 spiro atoms. The van der Waals surface area contributed by atoms with Gasteiger partial charge in [-0.15, -0.1) is 0 Å². The van der Waals surface area contributed by atoms with Crippen LogP contribution >= 0.6 is 0 Å². The minimum Gasteiger partial charge on any atom is -0.490 e. The molecule has 0 fully saturated rings. The SMILES string of the molecule is Cc1cc(/C=C(\C#N)C(=O)OCCOc2ccc(F)cc2)c(C)n1CC(C)C. The number of halogens is 1. The predicted octanol–water partition coefficient (Wildman–Crippen LogP) is 4.43. The molecule has 6 heteroatoms. The molecule has 1 heterocycles. The number of aryl methyl sites for hydroxylation is 1. The third-order valence-electron chi connectivity index (χ3n) is 4.20. The summed E-state index contributed by atoms with van der Waals surface area (Å²) in [4.78, 5) is 12.2. The molecule has 1 aromatic carbocycles. The number of carbonyl (C=O) groups is 1. The van der Waals surface area contributed by atoms with E-state index in [9.17, 15) is 14.4 Å². The minimum atomic E-state index is -0.695. The summed E-state index contributed by atoms with van der Waals surface area (Å²) >= 11 is 0. The maximum atomic E-state index is 12.8. The number of aromatic nitrogens is 1. The maximum Gasteiger partial charge on any atom is 0.349 e. The lowest BCUT2D eigenvalue weighted by Gasteiger charge is -2.12. The Balaban J connectivity index is 1.97. The molecule has 0 saturated carbocycles. The Morgan fingerprint density at radius 2 is 1.93 bits per heavy atom. The quantitative estimate of drug-likeness (QED) is 0.292. The van der Waals surface area contributed by atoms with Crippen molar-refractivity contribution in [1.29, 1.82) is 5.26 Å². The first-order valence-corrected chi connectivity index (χ1v) is 9.15. The first kappa shape index (κ1) is 21.2. The number of rotatable bonds is 8. The molecular weight excluding hydrogens is 359 g/mol. The molecule has 0 bridgehead atoms. The standard InChI is InChI=1S/C22H25FN2O3/c1-15(2)14-25-16(3)11-18(17(25)4)12-19(13-24)22(26)28-10-9-27-21-7-5-20(23)6-8-21/h5-8,11-12,15H,9-10,14H2,1-4H3/b19-12+. The summed E-state index contributed by atoms with van der Waals surface area (Å²) in [6.07, 6.45) is 1.56. The highest BCUT2D eigenvalue weighted by Gasteiger charge is 2.14. The van der Waals surface area contributed by atoms with Crippen LogP contribution in [-0.4, -0.2) is 23.8 Å². The predicted molar refractivity (Wildman–Crippen MR) is 105 cm³/mol. The van der Waals surface area contributed by atoms with E-state index in [1.54, 1.807) is 6.08 Å². The molecule has 0 amide bonds. The van der Waals surface area contributed by atoms with E-state index in [0.29, 0.717) is 11.7 Å². The summed E-state index contributed by atoms with van der Waals surface area (Å²) in [6, 6.07) is 9.42. The van der Waals surface area contributed by atoms with Crippen molar-refractivity contribution in [2.45, 2.75) is 34.2 Å². The summed E-state index contributed by atoms with van der Waals surface area (Å²) < 4.78 is 25.5. The van der Waals surface area contributed by atoms with Crippen LogP contribution in [0.25, 0.3) is 6.08 Å². The Morgan fingerprint density at radius 1 is 1.25 bits per heavy atom. The lowest BCUT2D eigenvalue weighted by Crippen LogP contribution is -2.13. The van der Waals surface area contributed by atoms with Gasteiger partial charge in [0.05, 0.1) is 0 Å². The Hall–Kier alpha value is -3.07. The van der Waals surface area contributed by atoms with E-state index >= 15 is 0 Å². The number of benzene rings is 1. The molecule has 0 aliphatic carbocycles. The van der Waals surface area contributed by atoms with E-state index in [0.717, 1.165) is 23.5 Å². The van der Waals surface area contributed by atoms with Gasteiger partial charge in [-0.3, -0.25) is 0 Å². The van der Waals surface area contributed by atoms with Crippen LogP contribution in [0.15, 0.2) is 35.9 Å². The molecule has 2 rings (SSSR count). The second-order valence-corrected chi connectivity index (χ2v) is 6.94. The van der Waals surface area contributed by atoms with Gasteiger partial charge in [0.25, 0.3) is 0 Å². The van der Waals surface area contributed by atoms with Crippen LogP contribution in [0.2, 0.25) is 0 Å². The van der Waals surface area contributed by atoms with Gasteiger partial charge in [0.2, 0.25) is 0 Å². The minimum absolute atomic E-state index is 0.0123. The van der Waals surface area contributed by atoms with E-state index < -0.39 is 5.97 Å². The van der Waals surface area contributed by atoms with E-state index in [2.05, 4.69) is 18.4 Å². The largest absolute Gasteiger partial charge is 0.490 e. The summed E-state index contributed by atoms with van der Waals surface area (Å²) in [7, 11) is 0. The molecule has 0 aliphatic rings. The van der Waals surface area contributed by atoms with Gasteiger partial charge in [-0.1, -0.05) is 13.8 Å². The van der Waals surface area contributed by atoms with Crippen LogP contribution in [0.3, 0.4) is 0 Å². The van der Waals surface area contributed by atoms with Crippen molar-refractivity contribution in [1.82, 2.24) is 4.57 Å². The Bertz CT molecular complexity index is 890. The molecule has 0 radical (unpaired) electrons. The number of ether oxygens (including phenoxy) is 2. The van der Waals surface area contributed by atoms with Gasteiger partial charge in [-0.05, 0) is 61.7 Å². The van der Waals surface area contributed by atoms with E-state index in [4.69, 9.17) is 9.47 Å².